The summed E-state index contributed by atoms with van der Waals surface area (Å²) >= 11 is 0. The first-order chi connectivity index (χ1) is 39.6. The Hall–Kier alpha value is -2.66. The second-order valence-corrected chi connectivity index (χ2v) is 23.9. The molecule has 466 valence electrons. The van der Waals surface area contributed by atoms with Crippen LogP contribution in [-0.4, -0.2) is 36.4 Å². The van der Waals surface area contributed by atoms with E-state index in [0.717, 1.165) is 70.6 Å². The zero-order chi connectivity index (χ0) is 57.6. The lowest BCUT2D eigenvalue weighted by Gasteiger charge is -2.15. The quantitative estimate of drug-likeness (QED) is 0.0373. The van der Waals surface area contributed by atoms with E-state index in [2.05, 4.69) is 86.8 Å². The van der Waals surface area contributed by atoms with Crippen LogP contribution in [0.3, 0.4) is 0 Å². The van der Waals surface area contributed by atoms with Gasteiger partial charge in [-0.15, -0.1) is 0 Å². The van der Waals surface area contributed by atoms with Crippen LogP contribution in [-0.2, 0) is 19.1 Å². The van der Waals surface area contributed by atoms with Crippen LogP contribution in [0.25, 0.3) is 0 Å². The van der Waals surface area contributed by atoms with E-state index in [9.17, 15) is 14.7 Å². The Balaban J connectivity index is 3.40. The molecule has 0 bridgehead atoms. The first-order valence-electron chi connectivity index (χ1n) is 35.5. The summed E-state index contributed by atoms with van der Waals surface area (Å²) < 4.78 is 10.8. The second kappa shape index (κ2) is 70.6. The number of carbonyl (C=O) groups is 2. The minimum Gasteiger partial charge on any atom is -0.462 e. The van der Waals surface area contributed by atoms with Crippen LogP contribution < -0.4 is 0 Å². The van der Waals surface area contributed by atoms with Crippen molar-refractivity contribution < 1.29 is 24.2 Å². The van der Waals surface area contributed by atoms with Crippen LogP contribution in [0.1, 0.15) is 373 Å². The van der Waals surface area contributed by atoms with Crippen LogP contribution in [0.2, 0.25) is 0 Å². The van der Waals surface area contributed by atoms with E-state index in [1.807, 2.05) is 0 Å². The molecule has 0 saturated heterocycles. The molecule has 1 N–H and O–H groups in total. The highest BCUT2D eigenvalue weighted by Crippen LogP contribution is 2.19. The van der Waals surface area contributed by atoms with Crippen LogP contribution in [0.5, 0.6) is 0 Å². The lowest BCUT2D eigenvalue weighted by molar-refractivity contribution is -0.161. The van der Waals surface area contributed by atoms with Crippen molar-refractivity contribution >= 4 is 11.9 Å². The van der Waals surface area contributed by atoms with Crippen molar-refractivity contribution in [2.45, 2.75) is 380 Å². The summed E-state index contributed by atoms with van der Waals surface area (Å²) in [5.74, 6) is -0.570. The van der Waals surface area contributed by atoms with Crippen LogP contribution >= 0.6 is 0 Å². The number of esters is 2. The highest BCUT2D eigenvalue weighted by molar-refractivity contribution is 5.70. The van der Waals surface area contributed by atoms with Gasteiger partial charge in [-0.05, 0) is 83.5 Å². The molecule has 0 aliphatic carbocycles. The molecule has 0 aromatic carbocycles. The number of hydrogen-bond acceptors (Lipinski definition) is 5. The minimum absolute atomic E-state index is 0.0613. The summed E-state index contributed by atoms with van der Waals surface area (Å²) in [4.78, 5) is 24.7. The molecule has 0 radical (unpaired) electrons. The van der Waals surface area contributed by atoms with Crippen molar-refractivity contribution in [3.05, 3.63) is 72.9 Å². The van der Waals surface area contributed by atoms with Gasteiger partial charge in [0.25, 0.3) is 0 Å². The number of ether oxygens (including phenoxy) is 2. The monoisotopic (exact) mass is 1120 g/mol. The summed E-state index contributed by atoms with van der Waals surface area (Å²) in [6.07, 6.45) is 98.0. The van der Waals surface area contributed by atoms with Crippen LogP contribution in [0.4, 0.5) is 0 Å². The van der Waals surface area contributed by atoms with Crippen LogP contribution in [0.15, 0.2) is 72.9 Å². The van der Waals surface area contributed by atoms with Gasteiger partial charge in [-0.25, -0.2) is 0 Å². The van der Waals surface area contributed by atoms with Gasteiger partial charge in [0, 0.05) is 12.8 Å². The van der Waals surface area contributed by atoms with Gasteiger partial charge in [-0.2, -0.15) is 0 Å². The number of carbonyl (C=O) groups excluding carboxylic acids is 2. The first kappa shape index (κ1) is 77.3. The van der Waals surface area contributed by atoms with Gasteiger partial charge in [0.15, 0.2) is 6.10 Å². The summed E-state index contributed by atoms with van der Waals surface area (Å²) in [6, 6.07) is 0. The molecule has 1 atom stereocenters. The molecule has 0 saturated carbocycles. The average molecular weight is 1120 g/mol. The van der Waals surface area contributed by atoms with E-state index < -0.39 is 6.10 Å². The molecule has 1 unspecified atom stereocenters. The first-order valence-corrected chi connectivity index (χ1v) is 35.5. The Morgan fingerprint density at radius 3 is 0.825 bits per heavy atom. The third-order valence-corrected chi connectivity index (χ3v) is 16.0. The predicted molar refractivity (Wildman–Crippen MR) is 353 cm³/mol. The molecule has 0 spiro atoms. The molecule has 80 heavy (non-hydrogen) atoms. The number of aliphatic hydroxyl groups excluding tert-OH is 1. The molecule has 0 rings (SSSR count). The number of hydrogen-bond donors (Lipinski definition) is 1. The summed E-state index contributed by atoms with van der Waals surface area (Å²) in [5.41, 5.74) is 0. The Labute approximate surface area is 499 Å². The fourth-order valence-corrected chi connectivity index (χ4v) is 10.7. The smallest absolute Gasteiger partial charge is 0.306 e. The molecule has 0 aromatic heterocycles. The summed E-state index contributed by atoms with van der Waals surface area (Å²) in [6.45, 7) is 4.08. The van der Waals surface area contributed by atoms with Gasteiger partial charge in [0.1, 0.15) is 6.61 Å². The topological polar surface area (TPSA) is 72.8 Å². The maximum Gasteiger partial charge on any atom is 0.306 e. The lowest BCUT2D eigenvalue weighted by atomic mass is 10.0. The van der Waals surface area contributed by atoms with E-state index in [1.54, 1.807) is 0 Å². The molecule has 0 aliphatic rings. The van der Waals surface area contributed by atoms with Crippen molar-refractivity contribution in [3.8, 4) is 0 Å². The number of allylic oxidation sites excluding steroid dienone is 12. The summed E-state index contributed by atoms with van der Waals surface area (Å²) in [7, 11) is 0. The molecule has 0 heterocycles. The van der Waals surface area contributed by atoms with Gasteiger partial charge in [-0.1, -0.05) is 350 Å². The van der Waals surface area contributed by atoms with Crippen molar-refractivity contribution in [1.82, 2.24) is 0 Å². The zero-order valence-electron chi connectivity index (χ0n) is 53.6. The van der Waals surface area contributed by atoms with Crippen molar-refractivity contribution in [2.24, 2.45) is 0 Å². The third-order valence-electron chi connectivity index (χ3n) is 16.0. The lowest BCUT2D eigenvalue weighted by Crippen LogP contribution is -2.28. The van der Waals surface area contributed by atoms with E-state index in [-0.39, 0.29) is 25.2 Å². The molecule has 5 nitrogen and oxygen atoms in total. The van der Waals surface area contributed by atoms with Crippen LogP contribution in [0, 0.1) is 0 Å². The van der Waals surface area contributed by atoms with Gasteiger partial charge < -0.3 is 14.6 Å². The van der Waals surface area contributed by atoms with Gasteiger partial charge >= 0.3 is 11.9 Å². The molecular weight excluding hydrogens is 981 g/mol. The SMILES string of the molecule is CC/C=C\C/C=C\C/C=C\C/C=C\C/C=C\CCCCCCCCCCCCCCCCCCCCCCCCCC(=O)OC(CO)COC(=O)CCCCCCCCCCCCCCCCC/C=C\CCCCCCCCCC. The fraction of sp³-hybridized carbons (Fsp3) is 0.813. The zero-order valence-corrected chi connectivity index (χ0v) is 53.6. The van der Waals surface area contributed by atoms with Gasteiger partial charge in [0.05, 0.1) is 6.61 Å². The maximum absolute atomic E-state index is 12.4. The van der Waals surface area contributed by atoms with Crippen molar-refractivity contribution in [2.75, 3.05) is 13.2 Å². The molecule has 5 heteroatoms. The van der Waals surface area contributed by atoms with E-state index in [0.29, 0.717) is 12.8 Å². The highest BCUT2D eigenvalue weighted by atomic mass is 16.6. The number of unbranched alkanes of at least 4 members (excludes halogenated alkanes) is 46. The molecule has 0 aromatic rings. The Morgan fingerprint density at radius 1 is 0.300 bits per heavy atom. The van der Waals surface area contributed by atoms with E-state index >= 15 is 0 Å². The Kier molecular flexibility index (Phi) is 68.3. The average Bonchev–Trinajstić information content (AvgIpc) is 3.46. The molecule has 0 amide bonds. The predicted octanol–water partition coefficient (Wildman–Crippen LogP) is 24.7. The molecule has 0 aliphatic heterocycles. The molecular formula is C75H136O5. The standard InChI is InChI=1S/C75H136O5/c1-3-5-7-9-11-13-15-17-19-21-23-25-27-29-31-32-33-34-35-36-37-38-39-40-41-42-44-46-48-50-52-54-56-58-60-62-64-66-68-70-75(78)80-73(71-76)72-79-74(77)69-67-65-63-61-59-57-55-53-51-49-47-45-43-30-28-26-24-22-20-18-16-14-12-10-8-6-4-2/h5,7,11,13,17,19,22-25,29,31,73,76H,3-4,6,8-10,12,14-16,18,20-21,26-28,30,32-72H2,1-2H3/b7-5-,13-11-,19-17-,24-22-,25-23-,31-29-. The highest BCUT2D eigenvalue weighted by Gasteiger charge is 2.16. The Morgan fingerprint density at radius 2 is 0.537 bits per heavy atom. The van der Waals surface area contributed by atoms with Gasteiger partial charge in [-0.3, -0.25) is 9.59 Å². The largest absolute Gasteiger partial charge is 0.462 e. The van der Waals surface area contributed by atoms with E-state index in [1.165, 1.54) is 276 Å². The normalized spacial score (nSPS) is 12.6. The molecule has 0 fully saturated rings. The summed E-state index contributed by atoms with van der Waals surface area (Å²) in [5, 5.41) is 9.70. The number of rotatable bonds is 66. The fourth-order valence-electron chi connectivity index (χ4n) is 10.7. The second-order valence-electron chi connectivity index (χ2n) is 23.9. The van der Waals surface area contributed by atoms with Crippen molar-refractivity contribution in [1.29, 1.82) is 0 Å². The Bertz CT molecular complexity index is 1400. The van der Waals surface area contributed by atoms with Crippen molar-refractivity contribution in [3.63, 3.8) is 0 Å². The van der Waals surface area contributed by atoms with E-state index in [4.69, 9.17) is 9.47 Å². The van der Waals surface area contributed by atoms with Gasteiger partial charge in [0.2, 0.25) is 0 Å². The minimum atomic E-state index is -0.772. The third kappa shape index (κ3) is 67.8. The maximum atomic E-state index is 12.4. The number of aliphatic hydroxyl groups is 1.